The summed E-state index contributed by atoms with van der Waals surface area (Å²) in [6.45, 7) is 3.49. The minimum absolute atomic E-state index is 0.0785. The van der Waals surface area contributed by atoms with E-state index in [1.807, 2.05) is 0 Å². The van der Waals surface area contributed by atoms with Gasteiger partial charge in [-0.3, -0.25) is 9.89 Å². The molecule has 0 saturated carbocycles. The van der Waals surface area contributed by atoms with Crippen molar-refractivity contribution >= 4 is 11.7 Å². The smallest absolute Gasteiger partial charge is 0.259 e. The van der Waals surface area contributed by atoms with Gasteiger partial charge >= 0.3 is 0 Å². The molecule has 1 aromatic rings. The number of nitrogens with zero attached hydrogens (tertiary/aromatic N) is 2. The Morgan fingerprint density at radius 2 is 2.47 bits per heavy atom. The first-order chi connectivity index (χ1) is 8.13. The highest BCUT2D eigenvalue weighted by molar-refractivity contribution is 5.98. The van der Waals surface area contributed by atoms with E-state index in [1.54, 1.807) is 12.0 Å². The van der Waals surface area contributed by atoms with Gasteiger partial charge in [0.1, 0.15) is 11.4 Å². The van der Waals surface area contributed by atoms with E-state index in [0.29, 0.717) is 23.8 Å². The molecule has 0 aromatic carbocycles. The molecule has 2 unspecified atom stereocenters. The summed E-state index contributed by atoms with van der Waals surface area (Å²) in [6, 6.07) is 0. The van der Waals surface area contributed by atoms with E-state index in [9.17, 15) is 4.79 Å². The van der Waals surface area contributed by atoms with Crippen LogP contribution in [0.25, 0.3) is 0 Å². The van der Waals surface area contributed by atoms with Crippen LogP contribution in [0, 0.1) is 5.92 Å². The number of piperidine rings is 1. The molecule has 1 fully saturated rings. The number of hydrogen-bond donors (Lipinski definition) is 2. The molecular weight excluding hydrogens is 220 g/mol. The Balaban J connectivity index is 2.09. The van der Waals surface area contributed by atoms with Crippen LogP contribution in [-0.2, 0) is 4.74 Å². The van der Waals surface area contributed by atoms with Gasteiger partial charge in [-0.15, -0.1) is 0 Å². The molecule has 2 atom stereocenters. The Bertz CT molecular complexity index is 404. The predicted octanol–water partition coefficient (Wildman–Crippen LogP) is 0.489. The minimum Gasteiger partial charge on any atom is -0.383 e. The number of aromatic amines is 1. The number of carbonyl (C=O) groups is 1. The van der Waals surface area contributed by atoms with Gasteiger partial charge in [-0.05, 0) is 12.3 Å². The van der Waals surface area contributed by atoms with E-state index in [1.165, 1.54) is 6.20 Å². The molecule has 2 heterocycles. The van der Waals surface area contributed by atoms with Crippen molar-refractivity contribution < 1.29 is 9.53 Å². The molecular formula is C11H18N4O2. The number of amides is 1. The number of ether oxygens (including phenoxy) is 1. The average molecular weight is 238 g/mol. The number of rotatable bonds is 2. The Kier molecular flexibility index (Phi) is 3.33. The number of nitrogens with two attached hydrogens (primary N) is 1. The molecule has 17 heavy (non-hydrogen) atoms. The van der Waals surface area contributed by atoms with E-state index in [2.05, 4.69) is 17.1 Å². The molecule has 1 aliphatic heterocycles. The summed E-state index contributed by atoms with van der Waals surface area (Å²) in [7, 11) is 1.68. The normalized spacial score (nSPS) is 24.9. The van der Waals surface area contributed by atoms with Crippen molar-refractivity contribution in [1.29, 1.82) is 0 Å². The molecule has 1 aromatic heterocycles. The SMILES string of the molecule is COC1CN(C(=O)c2cn[nH]c2N)CCC1C. The summed E-state index contributed by atoms with van der Waals surface area (Å²) in [4.78, 5) is 14.0. The molecule has 3 N–H and O–H groups in total. The van der Waals surface area contributed by atoms with Crippen molar-refractivity contribution in [2.45, 2.75) is 19.4 Å². The number of likely N-dealkylation sites (tertiary alicyclic amines) is 1. The summed E-state index contributed by atoms with van der Waals surface area (Å²) >= 11 is 0. The molecule has 6 heteroatoms. The highest BCUT2D eigenvalue weighted by Crippen LogP contribution is 2.21. The topological polar surface area (TPSA) is 84.2 Å². The maximum atomic E-state index is 12.2. The molecule has 0 bridgehead atoms. The van der Waals surface area contributed by atoms with Gasteiger partial charge in [-0.1, -0.05) is 6.92 Å². The number of anilines is 1. The average Bonchev–Trinajstić information content (AvgIpc) is 2.75. The summed E-state index contributed by atoms with van der Waals surface area (Å²) in [5.41, 5.74) is 6.09. The number of nitrogens with one attached hydrogen (secondary N) is 1. The highest BCUT2D eigenvalue weighted by atomic mass is 16.5. The second kappa shape index (κ2) is 4.75. The van der Waals surface area contributed by atoms with Crippen LogP contribution in [0.5, 0.6) is 0 Å². The molecule has 1 amide bonds. The minimum atomic E-state index is -0.0785. The molecule has 0 radical (unpaired) electrons. The van der Waals surface area contributed by atoms with Gasteiger partial charge in [-0.25, -0.2) is 0 Å². The summed E-state index contributed by atoms with van der Waals surface area (Å²) in [5, 5.41) is 6.33. The lowest BCUT2D eigenvalue weighted by atomic mass is 9.95. The van der Waals surface area contributed by atoms with Crippen molar-refractivity contribution in [3.63, 3.8) is 0 Å². The van der Waals surface area contributed by atoms with Crippen LogP contribution >= 0.6 is 0 Å². The third-order valence-electron chi connectivity index (χ3n) is 3.38. The fourth-order valence-electron chi connectivity index (χ4n) is 2.16. The van der Waals surface area contributed by atoms with Crippen LogP contribution in [0.15, 0.2) is 6.20 Å². The number of aromatic nitrogens is 2. The summed E-state index contributed by atoms with van der Waals surface area (Å²) < 4.78 is 5.38. The van der Waals surface area contributed by atoms with Crippen LogP contribution in [0.2, 0.25) is 0 Å². The highest BCUT2D eigenvalue weighted by Gasteiger charge is 2.30. The van der Waals surface area contributed by atoms with Gasteiger partial charge < -0.3 is 15.4 Å². The second-order valence-corrected chi connectivity index (χ2v) is 4.49. The van der Waals surface area contributed by atoms with Gasteiger partial charge in [0, 0.05) is 20.2 Å². The monoisotopic (exact) mass is 238 g/mol. The van der Waals surface area contributed by atoms with Crippen molar-refractivity contribution in [3.05, 3.63) is 11.8 Å². The van der Waals surface area contributed by atoms with E-state index in [0.717, 1.165) is 13.0 Å². The number of nitrogen functional groups attached to an aromatic ring is 1. The van der Waals surface area contributed by atoms with Crippen molar-refractivity contribution in [1.82, 2.24) is 15.1 Å². The van der Waals surface area contributed by atoms with Gasteiger partial charge in [-0.2, -0.15) is 5.10 Å². The van der Waals surface area contributed by atoms with Gasteiger partial charge in [0.2, 0.25) is 0 Å². The largest absolute Gasteiger partial charge is 0.383 e. The van der Waals surface area contributed by atoms with E-state index in [-0.39, 0.29) is 12.0 Å². The molecule has 94 valence electrons. The number of H-pyrrole nitrogens is 1. The van der Waals surface area contributed by atoms with Crippen LogP contribution in [0.1, 0.15) is 23.7 Å². The zero-order valence-electron chi connectivity index (χ0n) is 10.1. The van der Waals surface area contributed by atoms with Crippen LogP contribution in [-0.4, -0.2) is 47.3 Å². The number of carbonyl (C=O) groups excluding carboxylic acids is 1. The van der Waals surface area contributed by atoms with E-state index >= 15 is 0 Å². The van der Waals surface area contributed by atoms with Crippen molar-refractivity contribution in [3.8, 4) is 0 Å². The fourth-order valence-corrected chi connectivity index (χ4v) is 2.16. The Morgan fingerprint density at radius 3 is 3.06 bits per heavy atom. The number of hydrogen-bond acceptors (Lipinski definition) is 4. The summed E-state index contributed by atoms with van der Waals surface area (Å²) in [5.74, 6) is 0.721. The quantitative estimate of drug-likeness (QED) is 0.785. The first-order valence-electron chi connectivity index (χ1n) is 5.74. The van der Waals surface area contributed by atoms with Gasteiger partial charge in [0.25, 0.3) is 5.91 Å². The lowest BCUT2D eigenvalue weighted by Crippen LogP contribution is -2.46. The van der Waals surface area contributed by atoms with Crippen LogP contribution < -0.4 is 5.73 Å². The maximum Gasteiger partial charge on any atom is 0.259 e. The Labute approximate surface area is 100 Å². The first kappa shape index (κ1) is 11.9. The zero-order valence-corrected chi connectivity index (χ0v) is 10.1. The molecule has 0 aliphatic carbocycles. The van der Waals surface area contributed by atoms with Gasteiger partial charge in [0.05, 0.1) is 12.3 Å². The Hall–Kier alpha value is -1.56. The third kappa shape index (κ3) is 2.26. The fraction of sp³-hybridized carbons (Fsp3) is 0.636. The Morgan fingerprint density at radius 1 is 1.71 bits per heavy atom. The van der Waals surface area contributed by atoms with Crippen LogP contribution in [0.4, 0.5) is 5.82 Å². The third-order valence-corrected chi connectivity index (χ3v) is 3.38. The van der Waals surface area contributed by atoms with Gasteiger partial charge in [0.15, 0.2) is 0 Å². The van der Waals surface area contributed by atoms with E-state index in [4.69, 9.17) is 10.5 Å². The summed E-state index contributed by atoms with van der Waals surface area (Å²) in [6.07, 6.45) is 2.51. The van der Waals surface area contributed by atoms with E-state index < -0.39 is 0 Å². The standard InChI is InChI=1S/C11H18N4O2/c1-7-3-4-15(6-9(7)17-2)11(16)8-5-13-14-10(8)12/h5,7,9H,3-4,6H2,1-2H3,(H3,12,13,14). The maximum absolute atomic E-state index is 12.2. The lowest BCUT2D eigenvalue weighted by Gasteiger charge is -2.36. The predicted molar refractivity (Wildman–Crippen MR) is 63.5 cm³/mol. The first-order valence-corrected chi connectivity index (χ1v) is 5.74. The second-order valence-electron chi connectivity index (χ2n) is 4.49. The molecule has 0 spiro atoms. The number of methoxy groups -OCH3 is 1. The van der Waals surface area contributed by atoms with Crippen molar-refractivity contribution in [2.24, 2.45) is 5.92 Å². The molecule has 1 saturated heterocycles. The molecule has 2 rings (SSSR count). The molecule has 1 aliphatic rings. The molecule has 6 nitrogen and oxygen atoms in total. The lowest BCUT2D eigenvalue weighted by molar-refractivity contribution is -0.00152. The van der Waals surface area contributed by atoms with Crippen molar-refractivity contribution in [2.75, 3.05) is 25.9 Å². The zero-order chi connectivity index (χ0) is 12.4. The van der Waals surface area contributed by atoms with Crippen LogP contribution in [0.3, 0.4) is 0 Å².